The van der Waals surface area contributed by atoms with Crippen molar-refractivity contribution in [1.82, 2.24) is 15.1 Å². The molecule has 0 radical (unpaired) electrons. The van der Waals surface area contributed by atoms with Gasteiger partial charge in [0, 0.05) is 51.5 Å². The monoisotopic (exact) mass is 391 g/mol. The lowest BCUT2D eigenvalue weighted by Gasteiger charge is -2.36. The van der Waals surface area contributed by atoms with E-state index in [1.165, 1.54) is 11.1 Å². The van der Waals surface area contributed by atoms with Crippen LogP contribution in [0.4, 0.5) is 0 Å². The molecule has 0 spiro atoms. The standard InChI is InChI=1S/C21H29N3O2.ClH/c1-14-5-3-4-6-18(14)20-19-12-22-11-17(19)13-24(20)21(26)16-7-9-23(10-8-16)15(2)25;/h3-6,16-17,19-20,22H,7-13H2,1-2H3;1H/t17-,19-,20+;/m0./s1. The van der Waals surface area contributed by atoms with E-state index in [1.54, 1.807) is 6.92 Å². The molecule has 6 heteroatoms. The first-order chi connectivity index (χ1) is 12.6. The van der Waals surface area contributed by atoms with E-state index in [2.05, 4.69) is 41.4 Å². The van der Waals surface area contributed by atoms with Gasteiger partial charge in [-0.15, -0.1) is 12.4 Å². The van der Waals surface area contributed by atoms with Crippen LogP contribution in [-0.2, 0) is 9.59 Å². The van der Waals surface area contributed by atoms with Crippen LogP contribution < -0.4 is 5.32 Å². The molecule has 3 aliphatic heterocycles. The fraction of sp³-hybridized carbons (Fsp3) is 0.619. The summed E-state index contributed by atoms with van der Waals surface area (Å²) in [5.74, 6) is 1.55. The number of likely N-dealkylation sites (tertiary alicyclic amines) is 2. The Morgan fingerprint density at radius 2 is 1.81 bits per heavy atom. The molecule has 4 rings (SSSR count). The van der Waals surface area contributed by atoms with Crippen LogP contribution in [0.15, 0.2) is 24.3 Å². The van der Waals surface area contributed by atoms with Crippen molar-refractivity contribution < 1.29 is 9.59 Å². The van der Waals surface area contributed by atoms with Crippen molar-refractivity contribution in [3.63, 3.8) is 0 Å². The summed E-state index contributed by atoms with van der Waals surface area (Å²) in [7, 11) is 0. The summed E-state index contributed by atoms with van der Waals surface area (Å²) < 4.78 is 0. The van der Waals surface area contributed by atoms with Crippen LogP contribution in [0.25, 0.3) is 0 Å². The van der Waals surface area contributed by atoms with Gasteiger partial charge in [-0.25, -0.2) is 0 Å². The number of benzene rings is 1. The minimum absolute atomic E-state index is 0. The van der Waals surface area contributed by atoms with E-state index >= 15 is 0 Å². The molecule has 3 saturated heterocycles. The van der Waals surface area contributed by atoms with Crippen LogP contribution in [-0.4, -0.2) is 54.3 Å². The van der Waals surface area contributed by atoms with Crippen molar-refractivity contribution in [2.24, 2.45) is 17.8 Å². The van der Waals surface area contributed by atoms with Gasteiger partial charge in [-0.3, -0.25) is 9.59 Å². The molecule has 1 aromatic rings. The van der Waals surface area contributed by atoms with Crippen LogP contribution in [0, 0.1) is 24.7 Å². The number of amides is 2. The Hall–Kier alpha value is -1.59. The van der Waals surface area contributed by atoms with Gasteiger partial charge in [0.25, 0.3) is 0 Å². The Bertz CT molecular complexity index is 702. The lowest BCUT2D eigenvalue weighted by molar-refractivity contribution is -0.141. The highest BCUT2D eigenvalue weighted by Crippen LogP contribution is 2.44. The van der Waals surface area contributed by atoms with Gasteiger partial charge in [0.05, 0.1) is 6.04 Å². The van der Waals surface area contributed by atoms with Crippen molar-refractivity contribution in [1.29, 1.82) is 0 Å². The second kappa shape index (κ2) is 8.19. The molecule has 1 aromatic carbocycles. The Kier molecular flexibility index (Phi) is 6.11. The van der Waals surface area contributed by atoms with Crippen molar-refractivity contribution in [3.8, 4) is 0 Å². The number of fused-ring (bicyclic) bond motifs is 1. The normalized spacial score (nSPS) is 28.0. The van der Waals surface area contributed by atoms with Crippen molar-refractivity contribution in [2.75, 3.05) is 32.7 Å². The number of carbonyl (C=O) groups excluding carboxylic acids is 2. The summed E-state index contributed by atoms with van der Waals surface area (Å²) >= 11 is 0. The largest absolute Gasteiger partial charge is 0.343 e. The van der Waals surface area contributed by atoms with Crippen molar-refractivity contribution in [3.05, 3.63) is 35.4 Å². The van der Waals surface area contributed by atoms with Crippen LogP contribution in [0.5, 0.6) is 0 Å². The molecule has 1 N–H and O–H groups in total. The highest BCUT2D eigenvalue weighted by Gasteiger charge is 2.48. The van der Waals surface area contributed by atoms with Gasteiger partial charge in [-0.05, 0) is 36.8 Å². The van der Waals surface area contributed by atoms with Crippen molar-refractivity contribution in [2.45, 2.75) is 32.7 Å². The average molecular weight is 392 g/mol. The maximum absolute atomic E-state index is 13.4. The Balaban J connectivity index is 0.00000210. The minimum Gasteiger partial charge on any atom is -0.343 e. The fourth-order valence-corrected chi connectivity index (χ4v) is 5.14. The first-order valence-corrected chi connectivity index (χ1v) is 9.88. The van der Waals surface area contributed by atoms with E-state index in [1.807, 2.05) is 4.90 Å². The third-order valence-electron chi connectivity index (χ3n) is 6.64. The molecule has 0 saturated carbocycles. The number of nitrogens with zero attached hydrogens (tertiary/aromatic N) is 2. The van der Waals surface area contributed by atoms with Gasteiger partial charge in [0.15, 0.2) is 0 Å². The molecule has 2 amide bonds. The highest BCUT2D eigenvalue weighted by molar-refractivity contribution is 5.85. The van der Waals surface area contributed by atoms with E-state index < -0.39 is 0 Å². The fourth-order valence-electron chi connectivity index (χ4n) is 5.14. The van der Waals surface area contributed by atoms with Crippen LogP contribution in [0.1, 0.15) is 36.9 Å². The SMILES string of the molecule is CC(=O)N1CCC(C(=O)N2C[C@@H]3CNC[C@@H]3[C@H]2c2ccccc2C)CC1.Cl. The highest BCUT2D eigenvalue weighted by atomic mass is 35.5. The minimum atomic E-state index is 0. The molecule has 0 aliphatic carbocycles. The molecule has 3 heterocycles. The third kappa shape index (κ3) is 3.72. The number of piperidine rings is 1. The summed E-state index contributed by atoms with van der Waals surface area (Å²) in [6.45, 7) is 8.06. The number of halogens is 1. The molecule has 3 aliphatic rings. The number of rotatable bonds is 2. The molecule has 148 valence electrons. The van der Waals surface area contributed by atoms with E-state index in [9.17, 15) is 9.59 Å². The number of hydrogen-bond acceptors (Lipinski definition) is 3. The number of aryl methyl sites for hydroxylation is 1. The van der Waals surface area contributed by atoms with E-state index in [0.29, 0.717) is 30.8 Å². The van der Waals surface area contributed by atoms with Gasteiger partial charge >= 0.3 is 0 Å². The number of carbonyl (C=O) groups is 2. The zero-order valence-corrected chi connectivity index (χ0v) is 17.0. The van der Waals surface area contributed by atoms with Crippen molar-refractivity contribution >= 4 is 24.2 Å². The third-order valence-corrected chi connectivity index (χ3v) is 6.64. The molecular formula is C21H30ClN3O2. The second-order valence-electron chi connectivity index (χ2n) is 8.15. The van der Waals surface area contributed by atoms with Crippen LogP contribution >= 0.6 is 12.4 Å². The maximum Gasteiger partial charge on any atom is 0.226 e. The lowest BCUT2D eigenvalue weighted by Crippen LogP contribution is -2.44. The topological polar surface area (TPSA) is 52.7 Å². The molecular weight excluding hydrogens is 362 g/mol. The van der Waals surface area contributed by atoms with Gasteiger partial charge in [0.1, 0.15) is 0 Å². The van der Waals surface area contributed by atoms with E-state index in [4.69, 9.17) is 0 Å². The number of hydrogen-bond donors (Lipinski definition) is 1. The van der Waals surface area contributed by atoms with Gasteiger partial charge in [-0.1, -0.05) is 24.3 Å². The lowest BCUT2D eigenvalue weighted by atomic mass is 9.87. The van der Waals surface area contributed by atoms with E-state index in [-0.39, 0.29) is 30.3 Å². The molecule has 0 aromatic heterocycles. The molecule has 0 bridgehead atoms. The molecule has 0 unspecified atom stereocenters. The summed E-state index contributed by atoms with van der Waals surface area (Å²) in [6.07, 6.45) is 1.59. The van der Waals surface area contributed by atoms with Gasteiger partial charge in [-0.2, -0.15) is 0 Å². The van der Waals surface area contributed by atoms with Gasteiger partial charge < -0.3 is 15.1 Å². The Morgan fingerprint density at radius 3 is 2.48 bits per heavy atom. The summed E-state index contributed by atoms with van der Waals surface area (Å²) in [5.41, 5.74) is 2.58. The summed E-state index contributed by atoms with van der Waals surface area (Å²) in [5, 5.41) is 3.52. The first kappa shape index (κ1) is 20.2. The second-order valence-corrected chi connectivity index (χ2v) is 8.15. The predicted octanol–water partition coefficient (Wildman–Crippen LogP) is 2.39. The summed E-state index contributed by atoms with van der Waals surface area (Å²) in [4.78, 5) is 29.0. The Morgan fingerprint density at radius 1 is 1.11 bits per heavy atom. The molecule has 3 fully saturated rings. The quantitative estimate of drug-likeness (QED) is 0.842. The summed E-state index contributed by atoms with van der Waals surface area (Å²) in [6, 6.07) is 8.70. The van der Waals surface area contributed by atoms with Gasteiger partial charge in [0.2, 0.25) is 11.8 Å². The Labute approximate surface area is 167 Å². The number of nitrogens with one attached hydrogen (secondary N) is 1. The zero-order valence-electron chi connectivity index (χ0n) is 16.2. The molecule has 5 nitrogen and oxygen atoms in total. The molecule has 3 atom stereocenters. The average Bonchev–Trinajstić information content (AvgIpc) is 3.23. The smallest absolute Gasteiger partial charge is 0.226 e. The zero-order chi connectivity index (χ0) is 18.3. The maximum atomic E-state index is 13.4. The van der Waals surface area contributed by atoms with E-state index in [0.717, 1.165) is 32.5 Å². The first-order valence-electron chi connectivity index (χ1n) is 9.88. The molecule has 27 heavy (non-hydrogen) atoms. The van der Waals surface area contributed by atoms with Crippen LogP contribution in [0.2, 0.25) is 0 Å². The predicted molar refractivity (Wildman–Crippen MR) is 108 cm³/mol. The van der Waals surface area contributed by atoms with Crippen LogP contribution in [0.3, 0.4) is 0 Å².